The highest BCUT2D eigenvalue weighted by Crippen LogP contribution is 2.31. The van der Waals surface area contributed by atoms with E-state index in [1.54, 1.807) is 0 Å². The summed E-state index contributed by atoms with van der Waals surface area (Å²) in [4.78, 5) is 2.31. The van der Waals surface area contributed by atoms with Crippen molar-refractivity contribution in [2.45, 2.75) is 39.0 Å². The molecule has 0 aromatic rings. The Morgan fingerprint density at radius 1 is 1.17 bits per heavy atom. The second kappa shape index (κ2) is 4.86. The van der Waals surface area contributed by atoms with Crippen molar-refractivity contribution in [3.05, 3.63) is 0 Å². The van der Waals surface area contributed by atoms with Crippen LogP contribution in [0.1, 0.15) is 39.0 Å². The third-order valence-corrected chi connectivity index (χ3v) is 3.24. The minimum atomic E-state index is 0.985. The summed E-state index contributed by atoms with van der Waals surface area (Å²) in [5, 5.41) is 0. The van der Waals surface area contributed by atoms with Crippen molar-refractivity contribution < 1.29 is 0 Å². The number of nitrogens with zero attached hydrogens (tertiary/aromatic N) is 1. The fourth-order valence-corrected chi connectivity index (χ4v) is 2.25. The summed E-state index contributed by atoms with van der Waals surface area (Å²) >= 11 is 0. The Kier molecular flexibility index (Phi) is 4.07. The molecule has 1 nitrogen and oxygen atoms in total. The van der Waals surface area contributed by atoms with Gasteiger partial charge < -0.3 is 4.90 Å². The molecule has 1 aliphatic carbocycles. The van der Waals surface area contributed by atoms with Crippen LogP contribution >= 0.6 is 0 Å². The van der Waals surface area contributed by atoms with Gasteiger partial charge >= 0.3 is 0 Å². The Balaban J connectivity index is 2.20. The Labute approximate surface area is 77.1 Å². The highest BCUT2D eigenvalue weighted by Gasteiger charge is 2.20. The normalized spacial score (nSPS) is 31.0. The SMILES string of the molecule is CC1CCCCC1CCN(C)C. The minimum Gasteiger partial charge on any atom is -0.309 e. The van der Waals surface area contributed by atoms with Crippen molar-refractivity contribution >= 4 is 0 Å². The van der Waals surface area contributed by atoms with Crippen LogP contribution in [0.25, 0.3) is 0 Å². The molecular formula is C11H23N. The van der Waals surface area contributed by atoms with Gasteiger partial charge in [-0.05, 0) is 38.9 Å². The van der Waals surface area contributed by atoms with E-state index in [0.29, 0.717) is 0 Å². The second-order valence-electron chi connectivity index (χ2n) is 4.61. The molecule has 0 saturated heterocycles. The first-order valence-electron chi connectivity index (χ1n) is 5.35. The van der Waals surface area contributed by atoms with Crippen molar-refractivity contribution in [1.82, 2.24) is 4.90 Å². The summed E-state index contributed by atoms with van der Waals surface area (Å²) in [6, 6.07) is 0. The maximum atomic E-state index is 2.43. The maximum Gasteiger partial charge on any atom is -0.00221 e. The van der Waals surface area contributed by atoms with Crippen molar-refractivity contribution in [3.8, 4) is 0 Å². The molecule has 72 valence electrons. The van der Waals surface area contributed by atoms with Gasteiger partial charge in [0, 0.05) is 0 Å². The summed E-state index contributed by atoms with van der Waals surface area (Å²) in [6.07, 6.45) is 7.31. The van der Waals surface area contributed by atoms with Gasteiger partial charge in [-0.2, -0.15) is 0 Å². The predicted octanol–water partition coefficient (Wildman–Crippen LogP) is 2.76. The predicted molar refractivity (Wildman–Crippen MR) is 54.3 cm³/mol. The molecule has 0 N–H and O–H groups in total. The summed E-state index contributed by atoms with van der Waals surface area (Å²) in [5.74, 6) is 2.00. The fraction of sp³-hybridized carbons (Fsp3) is 1.00. The van der Waals surface area contributed by atoms with Crippen LogP contribution in [0.15, 0.2) is 0 Å². The van der Waals surface area contributed by atoms with E-state index in [-0.39, 0.29) is 0 Å². The van der Waals surface area contributed by atoms with E-state index in [2.05, 4.69) is 25.9 Å². The summed E-state index contributed by atoms with van der Waals surface area (Å²) in [6.45, 7) is 3.70. The van der Waals surface area contributed by atoms with E-state index >= 15 is 0 Å². The van der Waals surface area contributed by atoms with Gasteiger partial charge in [0.1, 0.15) is 0 Å². The van der Waals surface area contributed by atoms with Crippen LogP contribution < -0.4 is 0 Å². The Morgan fingerprint density at radius 2 is 1.83 bits per heavy atom. The van der Waals surface area contributed by atoms with Crippen LogP contribution in [0.3, 0.4) is 0 Å². The Bertz CT molecular complexity index is 120. The Morgan fingerprint density at radius 3 is 2.42 bits per heavy atom. The van der Waals surface area contributed by atoms with Gasteiger partial charge in [0.25, 0.3) is 0 Å². The van der Waals surface area contributed by atoms with Crippen LogP contribution in [-0.4, -0.2) is 25.5 Å². The molecule has 1 saturated carbocycles. The lowest BCUT2D eigenvalue weighted by molar-refractivity contribution is 0.220. The third kappa shape index (κ3) is 3.14. The minimum absolute atomic E-state index is 0.985. The summed E-state index contributed by atoms with van der Waals surface area (Å²) in [7, 11) is 4.35. The zero-order valence-electron chi connectivity index (χ0n) is 8.84. The average Bonchev–Trinajstić information content (AvgIpc) is 2.03. The lowest BCUT2D eigenvalue weighted by Crippen LogP contribution is -2.22. The standard InChI is InChI=1S/C11H23N/c1-10-6-4-5-7-11(10)8-9-12(2)3/h10-11H,4-9H2,1-3H3. The van der Waals surface area contributed by atoms with Crippen LogP contribution in [0, 0.1) is 11.8 Å². The molecule has 0 spiro atoms. The molecule has 2 atom stereocenters. The maximum absolute atomic E-state index is 2.43. The van der Waals surface area contributed by atoms with E-state index in [1.165, 1.54) is 38.6 Å². The molecule has 1 heteroatoms. The van der Waals surface area contributed by atoms with Crippen LogP contribution in [0.2, 0.25) is 0 Å². The highest BCUT2D eigenvalue weighted by atomic mass is 15.0. The molecule has 0 aromatic carbocycles. The first-order valence-corrected chi connectivity index (χ1v) is 5.35. The molecule has 1 fully saturated rings. The molecule has 1 aliphatic rings. The first kappa shape index (κ1) is 10.0. The van der Waals surface area contributed by atoms with E-state index in [0.717, 1.165) is 11.8 Å². The molecule has 0 amide bonds. The van der Waals surface area contributed by atoms with Crippen molar-refractivity contribution in [2.75, 3.05) is 20.6 Å². The molecule has 0 heterocycles. The van der Waals surface area contributed by atoms with E-state index in [1.807, 2.05) is 0 Å². The van der Waals surface area contributed by atoms with Crippen LogP contribution in [0.5, 0.6) is 0 Å². The average molecular weight is 169 g/mol. The summed E-state index contributed by atoms with van der Waals surface area (Å²) < 4.78 is 0. The van der Waals surface area contributed by atoms with Crippen LogP contribution in [0.4, 0.5) is 0 Å². The Hall–Kier alpha value is -0.0400. The molecule has 0 aliphatic heterocycles. The van der Waals surface area contributed by atoms with Gasteiger partial charge in [0.2, 0.25) is 0 Å². The molecule has 2 unspecified atom stereocenters. The number of rotatable bonds is 3. The molecule has 0 aromatic heterocycles. The molecule has 0 radical (unpaired) electrons. The zero-order chi connectivity index (χ0) is 8.97. The lowest BCUT2D eigenvalue weighted by Gasteiger charge is -2.29. The third-order valence-electron chi connectivity index (χ3n) is 3.24. The van der Waals surface area contributed by atoms with Crippen molar-refractivity contribution in [3.63, 3.8) is 0 Å². The zero-order valence-corrected chi connectivity index (χ0v) is 8.84. The largest absolute Gasteiger partial charge is 0.309 e. The highest BCUT2D eigenvalue weighted by molar-refractivity contribution is 4.72. The smallest absolute Gasteiger partial charge is 0.00221 e. The lowest BCUT2D eigenvalue weighted by atomic mass is 9.78. The van der Waals surface area contributed by atoms with E-state index in [4.69, 9.17) is 0 Å². The number of hydrogen-bond acceptors (Lipinski definition) is 1. The van der Waals surface area contributed by atoms with Gasteiger partial charge in [0.05, 0.1) is 0 Å². The van der Waals surface area contributed by atoms with Gasteiger partial charge in [-0.25, -0.2) is 0 Å². The molecule has 1 rings (SSSR count). The second-order valence-corrected chi connectivity index (χ2v) is 4.61. The van der Waals surface area contributed by atoms with Gasteiger partial charge in [-0.15, -0.1) is 0 Å². The topological polar surface area (TPSA) is 3.24 Å². The molecule has 0 bridgehead atoms. The number of hydrogen-bond donors (Lipinski definition) is 0. The van der Waals surface area contributed by atoms with Gasteiger partial charge in [0.15, 0.2) is 0 Å². The quantitative estimate of drug-likeness (QED) is 0.628. The van der Waals surface area contributed by atoms with Crippen LogP contribution in [-0.2, 0) is 0 Å². The van der Waals surface area contributed by atoms with Gasteiger partial charge in [-0.1, -0.05) is 32.6 Å². The van der Waals surface area contributed by atoms with Crippen molar-refractivity contribution in [1.29, 1.82) is 0 Å². The van der Waals surface area contributed by atoms with Crippen molar-refractivity contribution in [2.24, 2.45) is 11.8 Å². The van der Waals surface area contributed by atoms with E-state index in [9.17, 15) is 0 Å². The van der Waals surface area contributed by atoms with Gasteiger partial charge in [-0.3, -0.25) is 0 Å². The molecular weight excluding hydrogens is 146 g/mol. The monoisotopic (exact) mass is 169 g/mol. The fourth-order valence-electron chi connectivity index (χ4n) is 2.25. The first-order chi connectivity index (χ1) is 5.70. The molecule has 12 heavy (non-hydrogen) atoms. The summed E-state index contributed by atoms with van der Waals surface area (Å²) in [5.41, 5.74) is 0. The van der Waals surface area contributed by atoms with E-state index < -0.39 is 0 Å².